The first-order chi connectivity index (χ1) is 11.1. The van der Waals surface area contributed by atoms with Gasteiger partial charge in [0.05, 0.1) is 13.7 Å². The van der Waals surface area contributed by atoms with Crippen LogP contribution < -0.4 is 10.1 Å². The Kier molecular flexibility index (Phi) is 8.46. The number of ether oxygens (including phenoxy) is 2. The Labute approximate surface area is 137 Å². The fraction of sp³-hybridized carbons (Fsp3) is 0.412. The van der Waals surface area contributed by atoms with Crippen molar-refractivity contribution >= 4 is 17.9 Å². The highest BCUT2D eigenvalue weighted by atomic mass is 16.5. The number of methoxy groups -OCH3 is 2. The molecule has 1 aromatic rings. The SMILES string of the molecule is COCCCNC(=O)CN(C)C(=O)/C=C/c1ccccc1OC. The van der Waals surface area contributed by atoms with E-state index in [1.54, 1.807) is 27.3 Å². The molecular formula is C17H24N2O4. The summed E-state index contributed by atoms with van der Waals surface area (Å²) in [4.78, 5) is 25.1. The maximum atomic E-state index is 12.0. The molecule has 0 aliphatic heterocycles. The number of hydrogen-bond donors (Lipinski definition) is 1. The fourth-order valence-corrected chi connectivity index (χ4v) is 1.89. The first-order valence-corrected chi connectivity index (χ1v) is 7.40. The van der Waals surface area contributed by atoms with Crippen molar-refractivity contribution in [1.29, 1.82) is 0 Å². The number of carbonyl (C=O) groups is 2. The highest BCUT2D eigenvalue weighted by molar-refractivity contribution is 5.94. The minimum Gasteiger partial charge on any atom is -0.496 e. The number of nitrogens with zero attached hydrogens (tertiary/aromatic N) is 1. The average molecular weight is 320 g/mol. The molecule has 0 aliphatic carbocycles. The number of hydrogen-bond acceptors (Lipinski definition) is 4. The Bertz CT molecular complexity index is 543. The Balaban J connectivity index is 2.47. The lowest BCUT2D eigenvalue weighted by Gasteiger charge is -2.14. The van der Waals surface area contributed by atoms with Gasteiger partial charge in [0.15, 0.2) is 0 Å². The number of rotatable bonds is 9. The largest absolute Gasteiger partial charge is 0.496 e. The second-order valence-electron chi connectivity index (χ2n) is 4.97. The molecule has 0 bridgehead atoms. The van der Waals surface area contributed by atoms with Gasteiger partial charge in [0.2, 0.25) is 11.8 Å². The van der Waals surface area contributed by atoms with Gasteiger partial charge in [0.25, 0.3) is 0 Å². The van der Waals surface area contributed by atoms with Crippen LogP contribution in [0.2, 0.25) is 0 Å². The van der Waals surface area contributed by atoms with Gasteiger partial charge in [-0.05, 0) is 18.6 Å². The number of likely N-dealkylation sites (N-methyl/N-ethyl adjacent to an activating group) is 1. The van der Waals surface area contributed by atoms with E-state index in [1.165, 1.54) is 11.0 Å². The zero-order chi connectivity index (χ0) is 17.1. The maximum Gasteiger partial charge on any atom is 0.246 e. The summed E-state index contributed by atoms with van der Waals surface area (Å²) in [7, 11) is 4.78. The van der Waals surface area contributed by atoms with Crippen LogP contribution in [-0.4, -0.2) is 57.7 Å². The summed E-state index contributed by atoms with van der Waals surface area (Å²) in [6.45, 7) is 1.14. The Morgan fingerprint density at radius 3 is 2.70 bits per heavy atom. The average Bonchev–Trinajstić information content (AvgIpc) is 2.56. The Morgan fingerprint density at radius 1 is 1.26 bits per heavy atom. The fourth-order valence-electron chi connectivity index (χ4n) is 1.89. The van der Waals surface area contributed by atoms with Crippen molar-refractivity contribution in [1.82, 2.24) is 10.2 Å². The van der Waals surface area contributed by atoms with Crippen LogP contribution in [0.4, 0.5) is 0 Å². The topological polar surface area (TPSA) is 67.9 Å². The molecule has 1 aromatic carbocycles. The zero-order valence-corrected chi connectivity index (χ0v) is 13.9. The highest BCUT2D eigenvalue weighted by Crippen LogP contribution is 2.18. The van der Waals surface area contributed by atoms with E-state index in [2.05, 4.69) is 5.32 Å². The molecule has 0 fully saturated rings. The molecule has 0 atom stereocenters. The van der Waals surface area contributed by atoms with Crippen LogP contribution in [0.25, 0.3) is 6.08 Å². The molecule has 0 unspecified atom stereocenters. The molecule has 0 spiro atoms. The van der Waals surface area contributed by atoms with Crippen molar-refractivity contribution in [3.05, 3.63) is 35.9 Å². The van der Waals surface area contributed by atoms with Crippen LogP contribution in [0, 0.1) is 0 Å². The van der Waals surface area contributed by atoms with Gasteiger partial charge in [-0.2, -0.15) is 0 Å². The quantitative estimate of drug-likeness (QED) is 0.550. The van der Waals surface area contributed by atoms with Gasteiger partial charge < -0.3 is 19.7 Å². The number of nitrogens with one attached hydrogen (secondary N) is 1. The van der Waals surface area contributed by atoms with E-state index in [-0.39, 0.29) is 18.4 Å². The van der Waals surface area contributed by atoms with E-state index in [0.717, 1.165) is 12.0 Å². The summed E-state index contributed by atoms with van der Waals surface area (Å²) in [6.07, 6.45) is 3.85. The van der Waals surface area contributed by atoms with Crippen LogP contribution in [-0.2, 0) is 14.3 Å². The standard InChI is InChI=1S/C17H24N2O4/c1-19(13-16(20)18-11-6-12-22-2)17(21)10-9-14-7-4-5-8-15(14)23-3/h4-5,7-10H,6,11-13H2,1-3H3,(H,18,20)/b10-9+. The molecule has 1 rings (SSSR count). The Morgan fingerprint density at radius 2 is 2.00 bits per heavy atom. The monoisotopic (exact) mass is 320 g/mol. The predicted molar refractivity (Wildman–Crippen MR) is 89.2 cm³/mol. The van der Waals surface area contributed by atoms with Crippen LogP contribution in [0.15, 0.2) is 30.3 Å². The molecule has 126 valence electrons. The van der Waals surface area contributed by atoms with Gasteiger partial charge in [-0.1, -0.05) is 18.2 Å². The van der Waals surface area contributed by atoms with Crippen molar-refractivity contribution in [2.24, 2.45) is 0 Å². The molecule has 2 amide bonds. The van der Waals surface area contributed by atoms with Gasteiger partial charge in [-0.25, -0.2) is 0 Å². The minimum atomic E-state index is -0.247. The van der Waals surface area contributed by atoms with E-state index in [0.29, 0.717) is 18.9 Å². The van der Waals surface area contributed by atoms with Crippen LogP contribution in [0.1, 0.15) is 12.0 Å². The third kappa shape index (κ3) is 6.97. The van der Waals surface area contributed by atoms with Crippen molar-refractivity contribution in [2.45, 2.75) is 6.42 Å². The second-order valence-corrected chi connectivity index (χ2v) is 4.97. The molecule has 0 saturated heterocycles. The molecule has 6 nitrogen and oxygen atoms in total. The van der Waals surface area contributed by atoms with E-state index in [9.17, 15) is 9.59 Å². The number of para-hydroxylation sites is 1. The minimum absolute atomic E-state index is 0.0160. The number of amides is 2. The van der Waals surface area contributed by atoms with Crippen molar-refractivity contribution in [3.63, 3.8) is 0 Å². The van der Waals surface area contributed by atoms with Crippen molar-refractivity contribution in [3.8, 4) is 5.75 Å². The molecular weight excluding hydrogens is 296 g/mol. The summed E-state index contributed by atoms with van der Waals surface area (Å²) in [6, 6.07) is 7.40. The van der Waals surface area contributed by atoms with E-state index in [4.69, 9.17) is 9.47 Å². The van der Waals surface area contributed by atoms with Gasteiger partial charge in [0.1, 0.15) is 5.75 Å². The number of benzene rings is 1. The molecule has 1 N–H and O–H groups in total. The summed E-state index contributed by atoms with van der Waals surface area (Å²) in [5.41, 5.74) is 0.806. The summed E-state index contributed by atoms with van der Waals surface area (Å²) in [5.74, 6) is 0.251. The highest BCUT2D eigenvalue weighted by Gasteiger charge is 2.10. The third-order valence-electron chi connectivity index (χ3n) is 3.15. The predicted octanol–water partition coefficient (Wildman–Crippen LogP) is 1.32. The van der Waals surface area contributed by atoms with Gasteiger partial charge in [-0.15, -0.1) is 0 Å². The molecule has 0 radical (unpaired) electrons. The lowest BCUT2D eigenvalue weighted by Crippen LogP contribution is -2.38. The molecule has 0 aliphatic rings. The molecule has 0 aromatic heterocycles. The zero-order valence-electron chi connectivity index (χ0n) is 13.9. The lowest BCUT2D eigenvalue weighted by atomic mass is 10.2. The Hall–Kier alpha value is -2.34. The van der Waals surface area contributed by atoms with Crippen LogP contribution in [0.5, 0.6) is 5.75 Å². The maximum absolute atomic E-state index is 12.0. The third-order valence-corrected chi connectivity index (χ3v) is 3.15. The summed E-state index contributed by atoms with van der Waals surface area (Å²) in [5, 5.41) is 2.74. The van der Waals surface area contributed by atoms with Crippen molar-refractivity contribution in [2.75, 3.05) is 41.0 Å². The molecule has 0 heterocycles. The van der Waals surface area contributed by atoms with E-state index in [1.807, 2.05) is 24.3 Å². The first kappa shape index (κ1) is 18.7. The molecule has 0 saturated carbocycles. The van der Waals surface area contributed by atoms with Crippen LogP contribution in [0.3, 0.4) is 0 Å². The summed E-state index contributed by atoms with van der Waals surface area (Å²) < 4.78 is 10.1. The smallest absolute Gasteiger partial charge is 0.246 e. The van der Waals surface area contributed by atoms with E-state index >= 15 is 0 Å². The summed E-state index contributed by atoms with van der Waals surface area (Å²) >= 11 is 0. The van der Waals surface area contributed by atoms with Gasteiger partial charge in [-0.3, -0.25) is 9.59 Å². The number of carbonyl (C=O) groups excluding carboxylic acids is 2. The molecule has 23 heavy (non-hydrogen) atoms. The lowest BCUT2D eigenvalue weighted by molar-refractivity contribution is -0.131. The first-order valence-electron chi connectivity index (χ1n) is 7.40. The normalized spacial score (nSPS) is 10.6. The molecule has 6 heteroatoms. The van der Waals surface area contributed by atoms with E-state index < -0.39 is 0 Å². The van der Waals surface area contributed by atoms with Gasteiger partial charge >= 0.3 is 0 Å². The second kappa shape index (κ2) is 10.4. The van der Waals surface area contributed by atoms with Crippen LogP contribution >= 0.6 is 0 Å². The van der Waals surface area contributed by atoms with Crippen molar-refractivity contribution < 1.29 is 19.1 Å². The van der Waals surface area contributed by atoms with Gasteiger partial charge in [0, 0.05) is 38.9 Å².